The summed E-state index contributed by atoms with van der Waals surface area (Å²) in [4.78, 5) is 16.2. The van der Waals surface area contributed by atoms with Gasteiger partial charge in [0.2, 0.25) is 5.91 Å². The maximum Gasteiger partial charge on any atom is 0.228 e. The average Bonchev–Trinajstić information content (AvgIpc) is 2.89. The number of anilines is 2. The molecule has 1 aromatic rings. The number of terminal acetylenes is 1. The van der Waals surface area contributed by atoms with Crippen LogP contribution in [0, 0.1) is 18.3 Å². The normalized spacial score (nSPS) is 22.9. The van der Waals surface area contributed by atoms with Crippen molar-refractivity contribution >= 4 is 17.3 Å². The van der Waals surface area contributed by atoms with E-state index in [1.165, 1.54) is 24.9 Å². The molecule has 104 valence electrons. The van der Waals surface area contributed by atoms with Gasteiger partial charge in [0.1, 0.15) is 0 Å². The van der Waals surface area contributed by atoms with Crippen LogP contribution in [0.4, 0.5) is 11.4 Å². The molecular weight excluding hydrogens is 248 g/mol. The first kappa shape index (κ1) is 13.1. The Balaban J connectivity index is 1.73. The average molecular weight is 268 g/mol. The van der Waals surface area contributed by atoms with Gasteiger partial charge in [0.15, 0.2) is 0 Å². The van der Waals surface area contributed by atoms with Gasteiger partial charge < -0.3 is 9.80 Å². The van der Waals surface area contributed by atoms with Crippen LogP contribution in [0.2, 0.25) is 0 Å². The molecular formula is C17H20N2O. The molecule has 3 rings (SSSR count). The highest BCUT2D eigenvalue weighted by Gasteiger charge is 2.29. The zero-order chi connectivity index (χ0) is 13.9. The van der Waals surface area contributed by atoms with E-state index in [1.807, 2.05) is 17.0 Å². The number of hydrogen-bond donors (Lipinski definition) is 0. The zero-order valence-corrected chi connectivity index (χ0v) is 11.7. The van der Waals surface area contributed by atoms with Crippen LogP contribution in [-0.4, -0.2) is 25.5 Å². The number of carbonyl (C=O) groups is 1. The molecule has 1 atom stereocenters. The molecule has 1 aromatic carbocycles. The van der Waals surface area contributed by atoms with Gasteiger partial charge in [-0.15, -0.1) is 12.3 Å². The summed E-state index contributed by atoms with van der Waals surface area (Å²) in [5, 5.41) is 0. The van der Waals surface area contributed by atoms with Crippen LogP contribution >= 0.6 is 0 Å². The van der Waals surface area contributed by atoms with Crippen molar-refractivity contribution in [1.82, 2.24) is 0 Å². The molecule has 3 heteroatoms. The van der Waals surface area contributed by atoms with Crippen LogP contribution in [-0.2, 0) is 4.79 Å². The van der Waals surface area contributed by atoms with Crippen molar-refractivity contribution in [1.29, 1.82) is 0 Å². The number of benzene rings is 1. The van der Waals surface area contributed by atoms with Gasteiger partial charge in [-0.1, -0.05) is 0 Å². The molecule has 2 aliphatic heterocycles. The third-order valence-electron chi connectivity index (χ3n) is 4.24. The molecule has 0 N–H and O–H groups in total. The highest BCUT2D eigenvalue weighted by molar-refractivity contribution is 5.96. The fourth-order valence-electron chi connectivity index (χ4n) is 3.06. The van der Waals surface area contributed by atoms with Crippen LogP contribution in [0.1, 0.15) is 25.7 Å². The van der Waals surface area contributed by atoms with E-state index in [2.05, 4.69) is 23.0 Å². The van der Waals surface area contributed by atoms with Crippen molar-refractivity contribution in [2.75, 3.05) is 29.4 Å². The number of piperidine rings is 1. The second-order valence-corrected chi connectivity index (χ2v) is 5.64. The summed E-state index contributed by atoms with van der Waals surface area (Å²) in [6.07, 6.45) is 9.78. The van der Waals surface area contributed by atoms with Crippen molar-refractivity contribution < 1.29 is 4.79 Å². The molecule has 2 saturated heterocycles. The van der Waals surface area contributed by atoms with Gasteiger partial charge in [0.05, 0.1) is 0 Å². The van der Waals surface area contributed by atoms with Gasteiger partial charge in [-0.2, -0.15) is 0 Å². The van der Waals surface area contributed by atoms with Gasteiger partial charge in [0.25, 0.3) is 0 Å². The minimum Gasteiger partial charge on any atom is -0.372 e. The van der Waals surface area contributed by atoms with Gasteiger partial charge in [-0.25, -0.2) is 0 Å². The summed E-state index contributed by atoms with van der Waals surface area (Å²) in [7, 11) is 0. The number of nitrogens with zero attached hydrogens (tertiary/aromatic N) is 2. The van der Waals surface area contributed by atoms with Crippen LogP contribution in [0.3, 0.4) is 0 Å². The number of amides is 1. The third-order valence-corrected chi connectivity index (χ3v) is 4.24. The maximum atomic E-state index is 12.0. The third kappa shape index (κ3) is 2.51. The molecule has 1 unspecified atom stereocenters. The van der Waals surface area contributed by atoms with E-state index >= 15 is 0 Å². The monoisotopic (exact) mass is 268 g/mol. The quantitative estimate of drug-likeness (QED) is 0.770. The molecule has 0 radical (unpaired) electrons. The van der Waals surface area contributed by atoms with Crippen LogP contribution in [0.15, 0.2) is 24.3 Å². The molecule has 2 fully saturated rings. The van der Waals surface area contributed by atoms with E-state index < -0.39 is 0 Å². The highest BCUT2D eigenvalue weighted by Crippen LogP contribution is 2.27. The Morgan fingerprint density at radius 3 is 2.30 bits per heavy atom. The van der Waals surface area contributed by atoms with E-state index in [1.54, 1.807) is 0 Å². The molecule has 1 amide bonds. The first-order valence-corrected chi connectivity index (χ1v) is 7.39. The second-order valence-electron chi connectivity index (χ2n) is 5.64. The van der Waals surface area contributed by atoms with Crippen LogP contribution in [0.5, 0.6) is 0 Å². The fourth-order valence-corrected chi connectivity index (χ4v) is 3.06. The van der Waals surface area contributed by atoms with E-state index in [9.17, 15) is 4.79 Å². The fraction of sp³-hybridized carbons (Fsp3) is 0.471. The lowest BCUT2D eigenvalue weighted by atomic mass is 10.1. The van der Waals surface area contributed by atoms with Crippen molar-refractivity contribution in [2.45, 2.75) is 25.7 Å². The SMILES string of the molecule is C#CC1CC(=O)N(c2ccc(N3CCCCC3)cc2)C1. The van der Waals surface area contributed by atoms with Gasteiger partial charge in [-0.3, -0.25) is 4.79 Å². The lowest BCUT2D eigenvalue weighted by molar-refractivity contribution is -0.117. The summed E-state index contributed by atoms with van der Waals surface area (Å²) < 4.78 is 0. The molecule has 0 bridgehead atoms. The molecule has 0 aliphatic carbocycles. The topological polar surface area (TPSA) is 23.6 Å². The van der Waals surface area contributed by atoms with Crippen LogP contribution < -0.4 is 9.80 Å². The highest BCUT2D eigenvalue weighted by atomic mass is 16.2. The van der Waals surface area contributed by atoms with E-state index in [0.29, 0.717) is 13.0 Å². The maximum absolute atomic E-state index is 12.0. The van der Waals surface area contributed by atoms with Gasteiger partial charge in [-0.05, 0) is 43.5 Å². The molecule has 20 heavy (non-hydrogen) atoms. The minimum atomic E-state index is 0.0595. The molecule has 3 nitrogen and oxygen atoms in total. The standard InChI is InChI=1S/C17H20N2O/c1-2-14-12-17(20)19(13-14)16-8-6-15(7-9-16)18-10-4-3-5-11-18/h1,6-9,14H,3-5,10-13H2. The Bertz CT molecular complexity index is 523. The zero-order valence-electron chi connectivity index (χ0n) is 11.7. The summed E-state index contributed by atoms with van der Waals surface area (Å²) in [5.41, 5.74) is 2.22. The Morgan fingerprint density at radius 1 is 1.05 bits per heavy atom. The number of rotatable bonds is 2. The first-order valence-electron chi connectivity index (χ1n) is 7.39. The van der Waals surface area contributed by atoms with Crippen LogP contribution in [0.25, 0.3) is 0 Å². The summed E-state index contributed by atoms with van der Waals surface area (Å²) in [5.74, 6) is 2.88. The summed E-state index contributed by atoms with van der Waals surface area (Å²) in [6, 6.07) is 8.33. The Kier molecular flexibility index (Phi) is 3.64. The van der Waals surface area contributed by atoms with E-state index in [4.69, 9.17) is 6.42 Å². The van der Waals surface area contributed by atoms with E-state index in [-0.39, 0.29) is 11.8 Å². The molecule has 2 aliphatic rings. The number of carbonyl (C=O) groups excluding carboxylic acids is 1. The predicted octanol–water partition coefficient (Wildman–Crippen LogP) is 2.66. The summed E-state index contributed by atoms with van der Waals surface area (Å²) in [6.45, 7) is 2.93. The second kappa shape index (κ2) is 5.58. The molecule has 0 spiro atoms. The van der Waals surface area contributed by atoms with E-state index in [0.717, 1.165) is 18.8 Å². The smallest absolute Gasteiger partial charge is 0.228 e. The lowest BCUT2D eigenvalue weighted by Gasteiger charge is -2.29. The van der Waals surface area contributed by atoms with Gasteiger partial charge >= 0.3 is 0 Å². The Labute approximate surface area is 120 Å². The predicted molar refractivity (Wildman–Crippen MR) is 81.8 cm³/mol. The van der Waals surface area contributed by atoms with Crippen molar-refractivity contribution in [3.05, 3.63) is 24.3 Å². The number of hydrogen-bond acceptors (Lipinski definition) is 2. The lowest BCUT2D eigenvalue weighted by Crippen LogP contribution is -2.29. The van der Waals surface area contributed by atoms with Crippen molar-refractivity contribution in [3.8, 4) is 12.3 Å². The van der Waals surface area contributed by atoms with Gasteiger partial charge in [0, 0.05) is 43.3 Å². The molecule has 0 aromatic heterocycles. The van der Waals surface area contributed by atoms with Crippen molar-refractivity contribution in [2.24, 2.45) is 5.92 Å². The Hall–Kier alpha value is -1.95. The molecule has 0 saturated carbocycles. The van der Waals surface area contributed by atoms with Crippen molar-refractivity contribution in [3.63, 3.8) is 0 Å². The minimum absolute atomic E-state index is 0.0595. The largest absolute Gasteiger partial charge is 0.372 e. The summed E-state index contributed by atoms with van der Waals surface area (Å²) >= 11 is 0. The first-order chi connectivity index (χ1) is 9.78. The Morgan fingerprint density at radius 2 is 1.70 bits per heavy atom. The molecule has 2 heterocycles.